The maximum atomic E-state index is 11.4. The van der Waals surface area contributed by atoms with Crippen LogP contribution >= 0.6 is 0 Å². The molecule has 0 radical (unpaired) electrons. The monoisotopic (exact) mass is 484 g/mol. The van der Waals surface area contributed by atoms with E-state index in [0.29, 0.717) is 19.3 Å². The van der Waals surface area contributed by atoms with E-state index in [4.69, 9.17) is 5.73 Å². The Morgan fingerprint density at radius 3 is 2.49 bits per heavy atom. The SMILES string of the molecule is C=C/C=C\CC(NC(N)=O)C(C)C(O)C(C)C/C=C\C(C)C(O)C/C=C\CCc1cccc(O)c1. The fourth-order valence-electron chi connectivity index (χ4n) is 3.97. The Hall–Kier alpha value is -2.83. The smallest absolute Gasteiger partial charge is 0.312 e. The van der Waals surface area contributed by atoms with Gasteiger partial charge in [0.15, 0.2) is 0 Å². The number of aryl methyl sites for hydroxylation is 1. The summed E-state index contributed by atoms with van der Waals surface area (Å²) in [7, 11) is 0. The molecule has 0 saturated carbocycles. The van der Waals surface area contributed by atoms with Crippen molar-refractivity contribution in [2.24, 2.45) is 23.5 Å². The predicted octanol–water partition coefficient (Wildman–Crippen LogP) is 5.02. The minimum atomic E-state index is -0.622. The van der Waals surface area contributed by atoms with Crippen LogP contribution in [0.3, 0.4) is 0 Å². The number of urea groups is 1. The van der Waals surface area contributed by atoms with Crippen molar-refractivity contribution in [2.45, 2.75) is 71.1 Å². The Balaban J connectivity index is 2.46. The highest BCUT2D eigenvalue weighted by Crippen LogP contribution is 2.22. The minimum Gasteiger partial charge on any atom is -0.508 e. The summed E-state index contributed by atoms with van der Waals surface area (Å²) >= 11 is 0. The topological polar surface area (TPSA) is 116 Å². The van der Waals surface area contributed by atoms with Crippen LogP contribution in [-0.4, -0.2) is 39.6 Å². The average molecular weight is 485 g/mol. The van der Waals surface area contributed by atoms with Crippen molar-refractivity contribution >= 4 is 6.03 Å². The second-order valence-electron chi connectivity index (χ2n) is 9.35. The van der Waals surface area contributed by atoms with Gasteiger partial charge in [-0.05, 0) is 55.7 Å². The molecule has 0 fully saturated rings. The molecule has 6 nitrogen and oxygen atoms in total. The van der Waals surface area contributed by atoms with Crippen LogP contribution in [-0.2, 0) is 6.42 Å². The van der Waals surface area contributed by atoms with Gasteiger partial charge in [-0.25, -0.2) is 4.79 Å². The molecule has 35 heavy (non-hydrogen) atoms. The van der Waals surface area contributed by atoms with Gasteiger partial charge < -0.3 is 26.4 Å². The van der Waals surface area contributed by atoms with E-state index in [1.165, 1.54) is 0 Å². The molecule has 0 aromatic heterocycles. The highest BCUT2D eigenvalue weighted by molar-refractivity contribution is 5.72. The van der Waals surface area contributed by atoms with E-state index in [2.05, 4.69) is 18.0 Å². The first-order valence-corrected chi connectivity index (χ1v) is 12.4. The van der Waals surface area contributed by atoms with Gasteiger partial charge in [-0.15, -0.1) is 0 Å². The molecule has 6 N–H and O–H groups in total. The summed E-state index contributed by atoms with van der Waals surface area (Å²) in [5.74, 6) is 0.0549. The molecule has 6 unspecified atom stereocenters. The lowest BCUT2D eigenvalue weighted by molar-refractivity contribution is 0.0504. The maximum Gasteiger partial charge on any atom is 0.312 e. The molecular formula is C29H44N2O4. The molecule has 0 spiro atoms. The van der Waals surface area contributed by atoms with Gasteiger partial charge in [-0.2, -0.15) is 0 Å². The molecule has 2 amide bonds. The summed E-state index contributed by atoms with van der Waals surface area (Å²) in [5, 5.41) is 33.5. The summed E-state index contributed by atoms with van der Waals surface area (Å²) in [6.07, 6.45) is 15.8. The van der Waals surface area contributed by atoms with Crippen LogP contribution in [0.25, 0.3) is 0 Å². The first-order chi connectivity index (χ1) is 16.6. The molecule has 1 aromatic rings. The Morgan fingerprint density at radius 2 is 1.83 bits per heavy atom. The number of rotatable bonds is 16. The molecule has 6 atom stereocenters. The molecule has 0 saturated heterocycles. The number of aliphatic hydroxyl groups is 2. The number of hydrogen-bond acceptors (Lipinski definition) is 4. The summed E-state index contributed by atoms with van der Waals surface area (Å²) in [6.45, 7) is 9.50. The molecule has 0 aliphatic carbocycles. The highest BCUT2D eigenvalue weighted by Gasteiger charge is 2.28. The summed E-state index contributed by atoms with van der Waals surface area (Å²) < 4.78 is 0. The summed E-state index contributed by atoms with van der Waals surface area (Å²) in [6, 6.07) is 6.37. The zero-order chi connectivity index (χ0) is 26.2. The highest BCUT2D eigenvalue weighted by atomic mass is 16.3. The number of benzene rings is 1. The number of allylic oxidation sites excluding steroid dienone is 4. The second kappa shape index (κ2) is 16.7. The van der Waals surface area contributed by atoms with Crippen molar-refractivity contribution in [1.82, 2.24) is 5.32 Å². The molecule has 0 bridgehead atoms. The molecule has 6 heteroatoms. The largest absolute Gasteiger partial charge is 0.508 e. The van der Waals surface area contributed by atoms with Gasteiger partial charge in [0.25, 0.3) is 0 Å². The first-order valence-electron chi connectivity index (χ1n) is 12.4. The Kier molecular flexibility index (Phi) is 14.4. The summed E-state index contributed by atoms with van der Waals surface area (Å²) in [5.41, 5.74) is 6.40. The quantitative estimate of drug-likeness (QED) is 0.167. The normalized spacial score (nSPS) is 17.3. The lowest BCUT2D eigenvalue weighted by Gasteiger charge is -2.31. The van der Waals surface area contributed by atoms with Crippen LogP contribution in [0.15, 0.2) is 73.4 Å². The number of phenols is 1. The van der Waals surface area contributed by atoms with Crippen LogP contribution in [0, 0.1) is 17.8 Å². The number of carbonyl (C=O) groups excluding carboxylic acids is 1. The van der Waals surface area contributed by atoms with E-state index >= 15 is 0 Å². The van der Waals surface area contributed by atoms with Crippen molar-refractivity contribution in [2.75, 3.05) is 0 Å². The molecule has 0 heterocycles. The maximum absolute atomic E-state index is 11.4. The molecule has 0 aliphatic heterocycles. The zero-order valence-corrected chi connectivity index (χ0v) is 21.4. The third-order valence-corrected chi connectivity index (χ3v) is 6.36. The van der Waals surface area contributed by atoms with Crippen LogP contribution < -0.4 is 11.1 Å². The van der Waals surface area contributed by atoms with Crippen LogP contribution in [0.5, 0.6) is 5.75 Å². The van der Waals surface area contributed by atoms with E-state index in [1.54, 1.807) is 24.3 Å². The first kappa shape index (κ1) is 30.2. The fourth-order valence-corrected chi connectivity index (χ4v) is 3.97. The number of phenolic OH excluding ortho intramolecular Hbond substituents is 1. The van der Waals surface area contributed by atoms with Crippen molar-refractivity contribution < 1.29 is 20.1 Å². The lowest BCUT2D eigenvalue weighted by atomic mass is 9.84. The number of nitrogens with two attached hydrogens (primary N) is 1. The number of carbonyl (C=O) groups is 1. The van der Waals surface area contributed by atoms with Crippen molar-refractivity contribution in [3.8, 4) is 5.75 Å². The van der Waals surface area contributed by atoms with Crippen molar-refractivity contribution in [3.05, 3.63) is 78.9 Å². The Bertz CT molecular complexity index is 849. The zero-order valence-electron chi connectivity index (χ0n) is 21.4. The Labute approximate surface area is 211 Å². The van der Waals surface area contributed by atoms with E-state index in [-0.39, 0.29) is 29.5 Å². The molecule has 0 aliphatic rings. The van der Waals surface area contributed by atoms with Crippen molar-refractivity contribution in [3.63, 3.8) is 0 Å². The molecule has 1 aromatic carbocycles. The van der Waals surface area contributed by atoms with E-state index < -0.39 is 18.2 Å². The Morgan fingerprint density at radius 1 is 1.09 bits per heavy atom. The molecular weight excluding hydrogens is 440 g/mol. The van der Waals surface area contributed by atoms with Gasteiger partial charge in [0.05, 0.1) is 12.2 Å². The fraction of sp³-hybridized carbons (Fsp3) is 0.483. The van der Waals surface area contributed by atoms with Gasteiger partial charge >= 0.3 is 6.03 Å². The van der Waals surface area contributed by atoms with Gasteiger partial charge in [-0.1, -0.05) is 82.0 Å². The third-order valence-electron chi connectivity index (χ3n) is 6.36. The second-order valence-corrected chi connectivity index (χ2v) is 9.35. The number of aliphatic hydroxyl groups excluding tert-OH is 2. The number of nitrogens with one attached hydrogen (secondary N) is 1. The minimum absolute atomic E-state index is 0.0131. The van der Waals surface area contributed by atoms with Crippen molar-refractivity contribution in [1.29, 1.82) is 0 Å². The molecule has 194 valence electrons. The summed E-state index contributed by atoms with van der Waals surface area (Å²) in [4.78, 5) is 11.4. The van der Waals surface area contributed by atoms with Crippen LogP contribution in [0.2, 0.25) is 0 Å². The van der Waals surface area contributed by atoms with E-state index in [1.807, 2.05) is 57.2 Å². The number of hydrogen-bond donors (Lipinski definition) is 5. The molecule has 1 rings (SSSR count). The van der Waals surface area contributed by atoms with Gasteiger partial charge in [0.1, 0.15) is 5.75 Å². The number of aromatic hydroxyl groups is 1. The van der Waals surface area contributed by atoms with E-state index in [9.17, 15) is 20.1 Å². The number of primary amides is 1. The number of amides is 2. The van der Waals surface area contributed by atoms with Crippen LogP contribution in [0.1, 0.15) is 52.0 Å². The van der Waals surface area contributed by atoms with Crippen LogP contribution in [0.4, 0.5) is 4.79 Å². The lowest BCUT2D eigenvalue weighted by Crippen LogP contribution is -2.46. The standard InChI is InChI=1S/C29H44N2O4/c1-5-6-8-18-26(31-29(30)35)23(4)28(34)22(3)14-11-13-21(2)27(33)19-10-7-9-15-24-16-12-17-25(32)20-24/h5-8,10-13,16-17,20-23,26-28,32-34H,1,9,14-15,18-19H2,2-4H3,(H3,30,31,35)/b8-6-,10-7-,13-11-. The van der Waals surface area contributed by atoms with Gasteiger partial charge in [0.2, 0.25) is 0 Å². The van der Waals surface area contributed by atoms with Gasteiger partial charge in [-0.3, -0.25) is 0 Å². The van der Waals surface area contributed by atoms with Gasteiger partial charge in [0, 0.05) is 17.9 Å². The van der Waals surface area contributed by atoms with E-state index in [0.717, 1.165) is 18.4 Å². The average Bonchev–Trinajstić information content (AvgIpc) is 2.81. The predicted molar refractivity (Wildman–Crippen MR) is 144 cm³/mol. The third kappa shape index (κ3) is 12.4.